The van der Waals surface area contributed by atoms with Crippen molar-refractivity contribution in [1.29, 1.82) is 0 Å². The summed E-state index contributed by atoms with van der Waals surface area (Å²) in [6.45, 7) is 2.34. The molecule has 1 N–H and O–H groups in total. The third kappa shape index (κ3) is 4.53. The molecule has 9 heteroatoms. The zero-order valence-electron chi connectivity index (χ0n) is 16.1. The number of Topliss-reactive ketones (excluding diaryl/α,β-unsaturated/α-hetero) is 1. The standard InChI is InChI=1S/C19H26N2O6S/c1-3-18(22)20-11-14-10-15(6-7-16(14)26-2)28(24,25)21-8-9-27-17(12-21)19(23)13-4-5-13/h6-7,10,13,17H,3-5,8-9,11-12H2,1-2H3,(H,20,22)/t17-/m0/s1. The van der Waals surface area contributed by atoms with Crippen molar-refractivity contribution in [1.82, 2.24) is 9.62 Å². The highest BCUT2D eigenvalue weighted by Crippen LogP contribution is 2.33. The van der Waals surface area contributed by atoms with Gasteiger partial charge in [-0.1, -0.05) is 6.92 Å². The van der Waals surface area contributed by atoms with Gasteiger partial charge in [0.2, 0.25) is 15.9 Å². The lowest BCUT2D eigenvalue weighted by Crippen LogP contribution is -2.48. The van der Waals surface area contributed by atoms with Gasteiger partial charge in [0.05, 0.1) is 18.6 Å². The summed E-state index contributed by atoms with van der Waals surface area (Å²) in [5.74, 6) is 0.379. The first-order chi connectivity index (χ1) is 13.4. The average molecular weight is 410 g/mol. The summed E-state index contributed by atoms with van der Waals surface area (Å²) in [4.78, 5) is 23.9. The summed E-state index contributed by atoms with van der Waals surface area (Å²) >= 11 is 0. The van der Waals surface area contributed by atoms with E-state index in [9.17, 15) is 18.0 Å². The molecule has 0 spiro atoms. The van der Waals surface area contributed by atoms with Crippen LogP contribution < -0.4 is 10.1 Å². The predicted octanol–water partition coefficient (Wildman–Crippen LogP) is 1.09. The maximum atomic E-state index is 13.1. The number of ether oxygens (including phenoxy) is 2. The lowest BCUT2D eigenvalue weighted by molar-refractivity contribution is -0.135. The molecule has 28 heavy (non-hydrogen) atoms. The van der Waals surface area contributed by atoms with Crippen LogP contribution in [0.3, 0.4) is 0 Å². The molecule has 3 rings (SSSR count). The van der Waals surface area contributed by atoms with Crippen molar-refractivity contribution in [2.75, 3.05) is 26.8 Å². The number of carbonyl (C=O) groups is 2. The number of carbonyl (C=O) groups excluding carboxylic acids is 2. The van der Waals surface area contributed by atoms with Crippen LogP contribution in [0.25, 0.3) is 0 Å². The average Bonchev–Trinajstić information content (AvgIpc) is 3.56. The molecule has 0 aromatic heterocycles. The lowest BCUT2D eigenvalue weighted by Gasteiger charge is -2.31. The highest BCUT2D eigenvalue weighted by atomic mass is 32.2. The third-order valence-electron chi connectivity index (χ3n) is 5.01. The van der Waals surface area contributed by atoms with Crippen LogP contribution in [0.1, 0.15) is 31.7 Å². The van der Waals surface area contributed by atoms with E-state index in [1.165, 1.54) is 23.5 Å². The van der Waals surface area contributed by atoms with Gasteiger partial charge >= 0.3 is 0 Å². The van der Waals surface area contributed by atoms with Crippen molar-refractivity contribution in [3.05, 3.63) is 23.8 Å². The third-order valence-corrected chi connectivity index (χ3v) is 6.87. The van der Waals surface area contributed by atoms with E-state index in [1.807, 2.05) is 0 Å². The highest BCUT2D eigenvalue weighted by Gasteiger charge is 2.40. The van der Waals surface area contributed by atoms with Crippen LogP contribution in [-0.4, -0.2) is 57.3 Å². The molecule has 1 aliphatic carbocycles. The molecular formula is C19H26N2O6S. The predicted molar refractivity (Wildman–Crippen MR) is 101 cm³/mol. The molecule has 0 radical (unpaired) electrons. The Morgan fingerprint density at radius 1 is 1.32 bits per heavy atom. The van der Waals surface area contributed by atoms with Gasteiger partial charge in [-0.2, -0.15) is 4.31 Å². The van der Waals surface area contributed by atoms with Crippen LogP contribution in [0.5, 0.6) is 5.75 Å². The fourth-order valence-corrected chi connectivity index (χ4v) is 4.64. The minimum atomic E-state index is -3.79. The first-order valence-corrected chi connectivity index (χ1v) is 10.9. The first-order valence-electron chi connectivity index (χ1n) is 9.46. The molecule has 8 nitrogen and oxygen atoms in total. The summed E-state index contributed by atoms with van der Waals surface area (Å²) in [6, 6.07) is 4.57. The van der Waals surface area contributed by atoms with Crippen molar-refractivity contribution in [2.24, 2.45) is 5.92 Å². The second kappa shape index (κ2) is 8.59. The zero-order valence-corrected chi connectivity index (χ0v) is 17.0. The number of nitrogens with one attached hydrogen (secondary N) is 1. The smallest absolute Gasteiger partial charge is 0.243 e. The van der Waals surface area contributed by atoms with Gasteiger partial charge in [0.1, 0.15) is 11.9 Å². The van der Waals surface area contributed by atoms with E-state index in [0.717, 1.165) is 12.8 Å². The molecule has 2 fully saturated rings. The molecule has 154 valence electrons. The Morgan fingerprint density at radius 3 is 2.71 bits per heavy atom. The highest BCUT2D eigenvalue weighted by molar-refractivity contribution is 7.89. The van der Waals surface area contributed by atoms with Crippen LogP contribution in [0.15, 0.2) is 23.1 Å². The van der Waals surface area contributed by atoms with E-state index in [-0.39, 0.29) is 48.7 Å². The van der Waals surface area contributed by atoms with Crippen LogP contribution in [0.4, 0.5) is 0 Å². The maximum Gasteiger partial charge on any atom is 0.243 e. The second-order valence-corrected chi connectivity index (χ2v) is 8.94. The van der Waals surface area contributed by atoms with Gasteiger partial charge in [-0.3, -0.25) is 9.59 Å². The van der Waals surface area contributed by atoms with E-state index in [1.54, 1.807) is 13.0 Å². The van der Waals surface area contributed by atoms with Gasteiger partial charge in [-0.05, 0) is 31.0 Å². The molecule has 1 atom stereocenters. The van der Waals surface area contributed by atoms with Gasteiger partial charge in [-0.25, -0.2) is 8.42 Å². The summed E-state index contributed by atoms with van der Waals surface area (Å²) in [5, 5.41) is 2.73. The van der Waals surface area contributed by atoms with Crippen LogP contribution in [0, 0.1) is 5.92 Å². The molecule has 1 heterocycles. The van der Waals surface area contributed by atoms with Crippen LogP contribution >= 0.6 is 0 Å². The Morgan fingerprint density at radius 2 is 2.07 bits per heavy atom. The summed E-state index contributed by atoms with van der Waals surface area (Å²) in [7, 11) is -2.30. The number of methoxy groups -OCH3 is 1. The molecule has 2 aliphatic rings. The van der Waals surface area contributed by atoms with E-state index in [0.29, 0.717) is 17.7 Å². The molecule has 0 unspecified atom stereocenters. The van der Waals surface area contributed by atoms with E-state index in [2.05, 4.69) is 5.32 Å². The van der Waals surface area contributed by atoms with Crippen molar-refractivity contribution in [2.45, 2.75) is 43.7 Å². The van der Waals surface area contributed by atoms with Gasteiger partial charge in [0.25, 0.3) is 0 Å². The Labute approximate surface area is 165 Å². The molecule has 1 aliphatic heterocycles. The second-order valence-electron chi connectivity index (χ2n) is 7.00. The van der Waals surface area contributed by atoms with Gasteiger partial charge < -0.3 is 14.8 Å². The fraction of sp³-hybridized carbons (Fsp3) is 0.579. The van der Waals surface area contributed by atoms with Crippen molar-refractivity contribution in [3.8, 4) is 5.75 Å². The van der Waals surface area contributed by atoms with E-state index in [4.69, 9.17) is 9.47 Å². The Balaban J connectivity index is 1.80. The number of benzene rings is 1. The first kappa shape index (κ1) is 20.8. The van der Waals surface area contributed by atoms with E-state index < -0.39 is 16.1 Å². The molecule has 1 aromatic carbocycles. The minimum Gasteiger partial charge on any atom is -0.496 e. The molecular weight excluding hydrogens is 384 g/mol. The topological polar surface area (TPSA) is 102 Å². The largest absolute Gasteiger partial charge is 0.496 e. The maximum absolute atomic E-state index is 13.1. The van der Waals surface area contributed by atoms with Gasteiger partial charge in [0.15, 0.2) is 5.78 Å². The number of morpholine rings is 1. The molecule has 1 amide bonds. The van der Waals surface area contributed by atoms with Crippen molar-refractivity contribution < 1.29 is 27.5 Å². The monoisotopic (exact) mass is 410 g/mol. The van der Waals surface area contributed by atoms with Gasteiger partial charge in [-0.15, -0.1) is 0 Å². The minimum absolute atomic E-state index is 0.00222. The Hall–Kier alpha value is -1.97. The Bertz CT molecular complexity index is 850. The number of amides is 1. The number of rotatable bonds is 8. The molecule has 1 saturated heterocycles. The molecule has 1 aromatic rings. The van der Waals surface area contributed by atoms with E-state index >= 15 is 0 Å². The zero-order chi connectivity index (χ0) is 20.3. The number of hydrogen-bond donors (Lipinski definition) is 1. The number of ketones is 1. The number of hydrogen-bond acceptors (Lipinski definition) is 6. The van der Waals surface area contributed by atoms with Crippen molar-refractivity contribution >= 4 is 21.7 Å². The number of sulfonamides is 1. The molecule has 1 saturated carbocycles. The van der Waals surface area contributed by atoms with Crippen molar-refractivity contribution in [3.63, 3.8) is 0 Å². The Kier molecular flexibility index (Phi) is 6.36. The molecule has 0 bridgehead atoms. The SMILES string of the molecule is CCC(=O)NCc1cc(S(=O)(=O)N2CCO[C@H](C(=O)C3CC3)C2)ccc1OC. The summed E-state index contributed by atoms with van der Waals surface area (Å²) in [5.41, 5.74) is 0.573. The number of nitrogens with zero attached hydrogens (tertiary/aromatic N) is 1. The quantitative estimate of drug-likeness (QED) is 0.688. The summed E-state index contributed by atoms with van der Waals surface area (Å²) < 4.78 is 38.3. The van der Waals surface area contributed by atoms with Crippen LogP contribution in [0.2, 0.25) is 0 Å². The van der Waals surface area contributed by atoms with Crippen LogP contribution in [-0.2, 0) is 30.9 Å². The summed E-state index contributed by atoms with van der Waals surface area (Å²) in [6.07, 6.45) is 1.36. The fourth-order valence-electron chi connectivity index (χ4n) is 3.17. The van der Waals surface area contributed by atoms with Gasteiger partial charge in [0, 0.05) is 37.5 Å². The normalized spacial score (nSPS) is 20.6. The lowest BCUT2D eigenvalue weighted by atomic mass is 10.1.